The second kappa shape index (κ2) is 7.35. The van der Waals surface area contributed by atoms with Crippen LogP contribution in [0.25, 0.3) is 10.4 Å². The number of benzene rings is 2. The van der Waals surface area contributed by atoms with Crippen LogP contribution >= 0.6 is 11.3 Å². The van der Waals surface area contributed by atoms with Crippen LogP contribution in [0.3, 0.4) is 0 Å². The van der Waals surface area contributed by atoms with E-state index in [1.165, 1.54) is 6.07 Å². The number of carboxylic acid groups (broad SMARTS) is 1. The van der Waals surface area contributed by atoms with Crippen LogP contribution in [0.1, 0.15) is 26.4 Å². The van der Waals surface area contributed by atoms with Gasteiger partial charge in [0.2, 0.25) is 0 Å². The highest BCUT2D eigenvalue weighted by Gasteiger charge is 2.24. The van der Waals surface area contributed by atoms with E-state index in [1.807, 2.05) is 6.07 Å². The Bertz CT molecular complexity index is 1170. The Kier molecular flexibility index (Phi) is 5.13. The van der Waals surface area contributed by atoms with Gasteiger partial charge in [-0.1, -0.05) is 30.3 Å². The van der Waals surface area contributed by atoms with Gasteiger partial charge in [-0.05, 0) is 47.9 Å². The highest BCUT2D eigenvalue weighted by atomic mass is 32.2. The molecule has 3 rings (SSSR count). The van der Waals surface area contributed by atoms with Crippen molar-refractivity contribution in [3.8, 4) is 16.5 Å². The Morgan fingerprint density at radius 3 is 2.56 bits per heavy atom. The van der Waals surface area contributed by atoms with E-state index in [0.29, 0.717) is 21.6 Å². The quantitative estimate of drug-likeness (QED) is 0.694. The van der Waals surface area contributed by atoms with Crippen LogP contribution in [-0.2, 0) is 15.6 Å². The molecule has 0 aliphatic rings. The number of nitriles is 1. The molecule has 1 N–H and O–H groups in total. The summed E-state index contributed by atoms with van der Waals surface area (Å²) in [6.07, 6.45) is 0. The topological polar surface area (TPSA) is 95.2 Å². The van der Waals surface area contributed by atoms with Gasteiger partial charge in [0.05, 0.1) is 22.3 Å². The van der Waals surface area contributed by atoms with Crippen LogP contribution in [0.15, 0.2) is 59.5 Å². The van der Waals surface area contributed by atoms with Crippen molar-refractivity contribution in [3.05, 3.63) is 76.2 Å². The average Bonchev–Trinajstić information content (AvgIpc) is 3.05. The minimum Gasteiger partial charge on any atom is -0.477 e. The van der Waals surface area contributed by atoms with Crippen LogP contribution in [0, 0.1) is 18.3 Å². The van der Waals surface area contributed by atoms with Gasteiger partial charge in [-0.2, -0.15) is 5.26 Å². The second-order valence-corrected chi connectivity index (χ2v) is 9.00. The molecule has 0 amide bonds. The third-order valence-corrected chi connectivity index (χ3v) is 7.09. The number of carboxylic acids is 1. The Balaban J connectivity index is 2.06. The molecule has 7 heteroatoms. The summed E-state index contributed by atoms with van der Waals surface area (Å²) in [4.78, 5) is 12.4. The average molecular weight is 397 g/mol. The standard InChI is InChI=1S/C20H15NO4S2/c1-13-5-2-3-8-18(13)27(24,25)12-16-10-17(26-19(16)20(22)23)15-7-4-6-14(9-15)11-21/h2-10H,12H2,1H3,(H,22,23). The summed E-state index contributed by atoms with van der Waals surface area (Å²) < 4.78 is 25.6. The van der Waals surface area contributed by atoms with Gasteiger partial charge in [0.25, 0.3) is 0 Å². The third-order valence-electron chi connectivity index (χ3n) is 4.05. The molecule has 0 spiro atoms. The predicted molar refractivity (Wildman–Crippen MR) is 103 cm³/mol. The molecule has 0 bridgehead atoms. The summed E-state index contributed by atoms with van der Waals surface area (Å²) >= 11 is 1.01. The molecule has 0 saturated heterocycles. The van der Waals surface area contributed by atoms with Crippen molar-refractivity contribution >= 4 is 27.1 Å². The number of carbonyl (C=O) groups is 1. The predicted octanol–water partition coefficient (Wildman–Crippen LogP) is 4.27. The van der Waals surface area contributed by atoms with E-state index < -0.39 is 21.6 Å². The monoisotopic (exact) mass is 397 g/mol. The first kappa shape index (κ1) is 18.8. The molecule has 0 aliphatic heterocycles. The highest BCUT2D eigenvalue weighted by molar-refractivity contribution is 7.90. The van der Waals surface area contributed by atoms with Crippen LogP contribution in [0.2, 0.25) is 0 Å². The van der Waals surface area contributed by atoms with Crippen molar-refractivity contribution in [2.75, 3.05) is 0 Å². The maximum Gasteiger partial charge on any atom is 0.346 e. The van der Waals surface area contributed by atoms with Crippen molar-refractivity contribution in [1.29, 1.82) is 5.26 Å². The molecule has 0 aliphatic carbocycles. The van der Waals surface area contributed by atoms with Crippen molar-refractivity contribution in [2.45, 2.75) is 17.6 Å². The number of nitrogens with zero attached hydrogens (tertiary/aromatic N) is 1. The lowest BCUT2D eigenvalue weighted by Crippen LogP contribution is -2.08. The summed E-state index contributed by atoms with van der Waals surface area (Å²) in [7, 11) is -3.69. The number of hydrogen-bond acceptors (Lipinski definition) is 5. The Labute approximate surface area is 161 Å². The Morgan fingerprint density at radius 1 is 1.15 bits per heavy atom. The fourth-order valence-corrected chi connectivity index (χ4v) is 5.53. The largest absolute Gasteiger partial charge is 0.477 e. The normalized spacial score (nSPS) is 11.1. The summed E-state index contributed by atoms with van der Waals surface area (Å²) in [5.41, 5.74) is 1.99. The maximum absolute atomic E-state index is 12.8. The molecular formula is C20H15NO4S2. The van der Waals surface area contributed by atoms with Gasteiger partial charge >= 0.3 is 5.97 Å². The molecule has 1 heterocycles. The van der Waals surface area contributed by atoms with Crippen LogP contribution < -0.4 is 0 Å². The van der Waals surface area contributed by atoms with E-state index in [4.69, 9.17) is 5.26 Å². The molecule has 2 aromatic carbocycles. The fourth-order valence-electron chi connectivity index (χ4n) is 2.79. The zero-order valence-corrected chi connectivity index (χ0v) is 16.0. The smallest absolute Gasteiger partial charge is 0.346 e. The van der Waals surface area contributed by atoms with Crippen LogP contribution in [-0.4, -0.2) is 19.5 Å². The summed E-state index contributed by atoms with van der Waals surface area (Å²) in [5, 5.41) is 18.6. The van der Waals surface area contributed by atoms with E-state index in [2.05, 4.69) is 0 Å². The van der Waals surface area contributed by atoms with Crippen molar-refractivity contribution in [1.82, 2.24) is 0 Å². The lowest BCUT2D eigenvalue weighted by atomic mass is 10.1. The summed E-state index contributed by atoms with van der Waals surface area (Å²) in [6, 6.07) is 17.0. The second-order valence-electron chi connectivity index (χ2n) is 5.99. The molecule has 136 valence electrons. The molecule has 0 unspecified atom stereocenters. The van der Waals surface area contributed by atoms with Gasteiger partial charge in [0.1, 0.15) is 4.88 Å². The SMILES string of the molecule is Cc1ccccc1S(=O)(=O)Cc1cc(-c2cccc(C#N)c2)sc1C(=O)O. The van der Waals surface area contributed by atoms with Gasteiger partial charge in [-0.15, -0.1) is 11.3 Å². The Hall–Kier alpha value is -2.95. The molecule has 0 fully saturated rings. The minimum atomic E-state index is -3.69. The molecule has 0 saturated carbocycles. The van der Waals surface area contributed by atoms with E-state index in [9.17, 15) is 18.3 Å². The molecule has 3 aromatic rings. The molecule has 0 radical (unpaired) electrons. The molecule has 1 aromatic heterocycles. The van der Waals surface area contributed by atoms with Crippen molar-refractivity contribution < 1.29 is 18.3 Å². The molecule has 27 heavy (non-hydrogen) atoms. The molecule has 0 atom stereocenters. The summed E-state index contributed by atoms with van der Waals surface area (Å²) in [5.74, 6) is -1.56. The molecular weight excluding hydrogens is 382 g/mol. The van der Waals surface area contributed by atoms with E-state index in [0.717, 1.165) is 11.3 Å². The third kappa shape index (κ3) is 3.92. The lowest BCUT2D eigenvalue weighted by Gasteiger charge is -2.07. The number of aromatic carboxylic acids is 1. The number of hydrogen-bond donors (Lipinski definition) is 1. The number of rotatable bonds is 5. The first-order valence-electron chi connectivity index (χ1n) is 7.97. The minimum absolute atomic E-state index is 0.00970. The zero-order chi connectivity index (χ0) is 19.6. The van der Waals surface area contributed by atoms with Gasteiger partial charge in [0.15, 0.2) is 9.84 Å². The maximum atomic E-state index is 12.8. The molecule has 5 nitrogen and oxygen atoms in total. The van der Waals surface area contributed by atoms with Crippen molar-refractivity contribution in [3.63, 3.8) is 0 Å². The number of thiophene rings is 1. The van der Waals surface area contributed by atoms with Crippen molar-refractivity contribution in [2.24, 2.45) is 0 Å². The van der Waals surface area contributed by atoms with Gasteiger partial charge in [0, 0.05) is 4.88 Å². The first-order chi connectivity index (χ1) is 12.8. The van der Waals surface area contributed by atoms with Gasteiger partial charge < -0.3 is 5.11 Å². The highest BCUT2D eigenvalue weighted by Crippen LogP contribution is 2.34. The van der Waals surface area contributed by atoms with E-state index >= 15 is 0 Å². The first-order valence-corrected chi connectivity index (χ1v) is 10.4. The summed E-state index contributed by atoms with van der Waals surface area (Å²) in [6.45, 7) is 1.71. The Morgan fingerprint density at radius 2 is 1.89 bits per heavy atom. The van der Waals surface area contributed by atoms with Gasteiger partial charge in [-0.25, -0.2) is 13.2 Å². The lowest BCUT2D eigenvalue weighted by molar-refractivity contribution is 0.0701. The number of sulfone groups is 1. The van der Waals surface area contributed by atoms with Gasteiger partial charge in [-0.3, -0.25) is 0 Å². The van der Waals surface area contributed by atoms with Crippen LogP contribution in [0.5, 0.6) is 0 Å². The fraction of sp³-hybridized carbons (Fsp3) is 0.100. The van der Waals surface area contributed by atoms with Crippen LogP contribution in [0.4, 0.5) is 0 Å². The van der Waals surface area contributed by atoms with E-state index in [-0.39, 0.29) is 15.3 Å². The zero-order valence-electron chi connectivity index (χ0n) is 14.3. The van der Waals surface area contributed by atoms with E-state index in [1.54, 1.807) is 55.5 Å². The number of aryl methyl sites for hydroxylation is 1.